The lowest BCUT2D eigenvalue weighted by Crippen LogP contribution is -2.47. The van der Waals surface area contributed by atoms with Gasteiger partial charge >= 0.3 is 0 Å². The van der Waals surface area contributed by atoms with Crippen molar-refractivity contribution in [1.82, 2.24) is 14.8 Å². The second kappa shape index (κ2) is 5.83. The highest BCUT2D eigenvalue weighted by Crippen LogP contribution is 2.33. The molecule has 23 heavy (non-hydrogen) atoms. The van der Waals surface area contributed by atoms with Gasteiger partial charge in [0.1, 0.15) is 10.5 Å². The number of thiophene rings is 1. The van der Waals surface area contributed by atoms with Crippen LogP contribution in [-0.4, -0.2) is 53.9 Å². The number of H-pyrrole nitrogens is 1. The molecule has 1 aliphatic rings. The molecule has 0 saturated carbocycles. The topological polar surface area (TPSA) is 39.3 Å². The van der Waals surface area contributed by atoms with Crippen molar-refractivity contribution in [3.63, 3.8) is 0 Å². The lowest BCUT2D eigenvalue weighted by atomic mass is 10.2. The second-order valence-corrected chi connectivity index (χ2v) is 7.09. The Morgan fingerprint density at radius 1 is 1.09 bits per heavy atom. The van der Waals surface area contributed by atoms with E-state index in [2.05, 4.69) is 35.1 Å². The molecule has 5 heteroatoms. The monoisotopic (exact) mass is 325 g/mol. The van der Waals surface area contributed by atoms with Crippen LogP contribution in [0.1, 0.15) is 10.5 Å². The largest absolute Gasteiger partial charge is 0.342 e. The number of rotatable bonds is 2. The third-order valence-corrected chi connectivity index (χ3v) is 5.50. The number of aromatic nitrogens is 1. The number of nitrogens with one attached hydrogen (secondary N) is 1. The van der Waals surface area contributed by atoms with E-state index in [9.17, 15) is 4.79 Å². The average molecular weight is 325 g/mol. The standard InChI is InChI=1S/C18H19N3OS/c1-20-7-9-21(10-8-20)18(22)15-11-14-12-16(23-17(14)19-15)13-5-3-2-4-6-13/h2-6,11-12,19H,7-10H2,1H3. The molecule has 2 aromatic heterocycles. The first-order valence-corrected chi connectivity index (χ1v) is 8.68. The summed E-state index contributed by atoms with van der Waals surface area (Å²) in [5.41, 5.74) is 1.92. The Morgan fingerprint density at radius 2 is 1.83 bits per heavy atom. The van der Waals surface area contributed by atoms with Crippen LogP contribution in [0.4, 0.5) is 0 Å². The Balaban J connectivity index is 1.58. The van der Waals surface area contributed by atoms with Crippen LogP contribution in [0.15, 0.2) is 42.5 Å². The molecule has 0 radical (unpaired) electrons. The third-order valence-electron chi connectivity index (χ3n) is 4.39. The van der Waals surface area contributed by atoms with Crippen LogP contribution in [0.2, 0.25) is 0 Å². The number of carbonyl (C=O) groups is 1. The molecule has 0 atom stereocenters. The van der Waals surface area contributed by atoms with Crippen LogP contribution in [0, 0.1) is 0 Å². The van der Waals surface area contributed by atoms with Gasteiger partial charge in [0.05, 0.1) is 0 Å². The fourth-order valence-electron chi connectivity index (χ4n) is 2.96. The summed E-state index contributed by atoms with van der Waals surface area (Å²) in [4.78, 5) is 22.4. The maximum atomic E-state index is 12.6. The molecule has 1 aliphatic heterocycles. The highest BCUT2D eigenvalue weighted by atomic mass is 32.1. The van der Waals surface area contributed by atoms with Crippen LogP contribution in [0.25, 0.3) is 20.7 Å². The number of amides is 1. The minimum Gasteiger partial charge on any atom is -0.342 e. The molecule has 4 nitrogen and oxygen atoms in total. The Labute approximate surface area is 139 Å². The predicted molar refractivity (Wildman–Crippen MR) is 95.0 cm³/mol. The summed E-state index contributed by atoms with van der Waals surface area (Å²) in [7, 11) is 2.09. The predicted octanol–water partition coefficient (Wildman–Crippen LogP) is 3.28. The summed E-state index contributed by atoms with van der Waals surface area (Å²) in [5.74, 6) is 0.114. The summed E-state index contributed by atoms with van der Waals surface area (Å²) >= 11 is 1.70. The molecule has 1 fully saturated rings. The van der Waals surface area contributed by atoms with E-state index >= 15 is 0 Å². The van der Waals surface area contributed by atoms with Crippen LogP contribution in [0.3, 0.4) is 0 Å². The average Bonchev–Trinajstić information content (AvgIpc) is 3.14. The van der Waals surface area contributed by atoms with E-state index < -0.39 is 0 Å². The molecule has 4 rings (SSSR count). The van der Waals surface area contributed by atoms with Gasteiger partial charge in [0.15, 0.2) is 0 Å². The molecule has 3 heterocycles. The van der Waals surface area contributed by atoms with Crippen molar-refractivity contribution in [3.8, 4) is 10.4 Å². The molecule has 0 aliphatic carbocycles. The molecule has 0 spiro atoms. The summed E-state index contributed by atoms with van der Waals surface area (Å²) in [5, 5.41) is 1.12. The highest BCUT2D eigenvalue weighted by Gasteiger charge is 2.22. The Morgan fingerprint density at radius 3 is 2.52 bits per heavy atom. The number of carbonyl (C=O) groups excluding carboxylic acids is 1. The fourth-order valence-corrected chi connectivity index (χ4v) is 4.02. The normalized spacial score (nSPS) is 16.1. The SMILES string of the molecule is CN1CCN(C(=O)c2cc3cc(-c4ccccc4)sc3[nH]2)CC1. The Hall–Kier alpha value is -2.11. The van der Waals surface area contributed by atoms with Crippen LogP contribution in [0.5, 0.6) is 0 Å². The zero-order valence-corrected chi connectivity index (χ0v) is 13.9. The molecule has 118 valence electrons. The van der Waals surface area contributed by atoms with Crippen LogP contribution >= 0.6 is 11.3 Å². The van der Waals surface area contributed by atoms with E-state index in [1.165, 1.54) is 10.4 Å². The molecule has 0 bridgehead atoms. The molecule has 3 aromatic rings. The van der Waals surface area contributed by atoms with Crippen molar-refractivity contribution in [2.75, 3.05) is 33.2 Å². The minimum atomic E-state index is 0.114. The van der Waals surface area contributed by atoms with Gasteiger partial charge in [-0.1, -0.05) is 30.3 Å². The number of hydrogen-bond acceptors (Lipinski definition) is 3. The molecule has 1 N–H and O–H groups in total. The van der Waals surface area contributed by atoms with Crippen molar-refractivity contribution < 1.29 is 4.79 Å². The van der Waals surface area contributed by atoms with Gasteiger partial charge in [-0.3, -0.25) is 4.79 Å². The summed E-state index contributed by atoms with van der Waals surface area (Å²) in [6.45, 7) is 3.49. The fraction of sp³-hybridized carbons (Fsp3) is 0.278. The van der Waals surface area contributed by atoms with Gasteiger partial charge in [-0.25, -0.2) is 0 Å². The Kier molecular flexibility index (Phi) is 3.67. The van der Waals surface area contributed by atoms with Crippen molar-refractivity contribution >= 4 is 27.5 Å². The first-order chi connectivity index (χ1) is 11.2. The molecule has 1 saturated heterocycles. The van der Waals surface area contributed by atoms with Gasteiger partial charge in [0.25, 0.3) is 5.91 Å². The van der Waals surface area contributed by atoms with Crippen molar-refractivity contribution in [2.24, 2.45) is 0 Å². The third kappa shape index (κ3) is 2.78. The quantitative estimate of drug-likeness (QED) is 0.785. The van der Waals surface area contributed by atoms with E-state index in [0.717, 1.165) is 36.4 Å². The van der Waals surface area contributed by atoms with Crippen molar-refractivity contribution in [3.05, 3.63) is 48.2 Å². The smallest absolute Gasteiger partial charge is 0.270 e. The Bertz CT molecular complexity index is 797. The molecule has 1 aromatic carbocycles. The van der Waals surface area contributed by atoms with E-state index in [1.807, 2.05) is 29.2 Å². The molecular weight excluding hydrogens is 306 g/mol. The van der Waals surface area contributed by atoms with Gasteiger partial charge in [0.2, 0.25) is 0 Å². The first-order valence-electron chi connectivity index (χ1n) is 7.86. The minimum absolute atomic E-state index is 0.114. The number of fused-ring (bicyclic) bond motifs is 1. The van der Waals surface area contributed by atoms with Crippen LogP contribution < -0.4 is 0 Å². The van der Waals surface area contributed by atoms with Gasteiger partial charge in [0, 0.05) is 36.4 Å². The maximum Gasteiger partial charge on any atom is 0.270 e. The highest BCUT2D eigenvalue weighted by molar-refractivity contribution is 7.21. The van der Waals surface area contributed by atoms with Crippen molar-refractivity contribution in [1.29, 1.82) is 0 Å². The van der Waals surface area contributed by atoms with Crippen LogP contribution in [-0.2, 0) is 0 Å². The number of piperazine rings is 1. The summed E-state index contributed by atoms with van der Waals surface area (Å²) in [6, 6.07) is 14.5. The lowest BCUT2D eigenvalue weighted by Gasteiger charge is -2.32. The van der Waals surface area contributed by atoms with Gasteiger partial charge in [-0.05, 0) is 24.7 Å². The number of nitrogens with zero attached hydrogens (tertiary/aromatic N) is 2. The maximum absolute atomic E-state index is 12.6. The zero-order chi connectivity index (χ0) is 15.8. The van der Waals surface area contributed by atoms with E-state index in [-0.39, 0.29) is 5.91 Å². The first kappa shape index (κ1) is 14.5. The molecular formula is C18H19N3OS. The number of benzene rings is 1. The summed E-state index contributed by atoms with van der Waals surface area (Å²) in [6.07, 6.45) is 0. The van der Waals surface area contributed by atoms with E-state index in [4.69, 9.17) is 0 Å². The molecule has 1 amide bonds. The van der Waals surface area contributed by atoms with E-state index in [1.54, 1.807) is 11.3 Å². The zero-order valence-electron chi connectivity index (χ0n) is 13.1. The summed E-state index contributed by atoms with van der Waals surface area (Å²) < 4.78 is 0. The number of aromatic amines is 1. The van der Waals surface area contributed by atoms with Gasteiger partial charge in [-0.15, -0.1) is 11.3 Å². The van der Waals surface area contributed by atoms with Gasteiger partial charge in [-0.2, -0.15) is 0 Å². The second-order valence-electron chi connectivity index (χ2n) is 6.04. The number of likely N-dealkylation sites (N-methyl/N-ethyl adjacent to an activating group) is 1. The number of hydrogen-bond donors (Lipinski definition) is 1. The van der Waals surface area contributed by atoms with Crippen molar-refractivity contribution in [2.45, 2.75) is 0 Å². The lowest BCUT2D eigenvalue weighted by molar-refractivity contribution is 0.0659. The van der Waals surface area contributed by atoms with E-state index in [0.29, 0.717) is 5.69 Å². The van der Waals surface area contributed by atoms with Gasteiger partial charge < -0.3 is 14.8 Å². The molecule has 0 unspecified atom stereocenters.